The summed E-state index contributed by atoms with van der Waals surface area (Å²) in [6.07, 6.45) is 1.10. The zero-order valence-electron chi connectivity index (χ0n) is 14.6. The van der Waals surface area contributed by atoms with E-state index < -0.39 is 23.9 Å². The number of carbonyl (C=O) groups excluding carboxylic acids is 2. The molecule has 142 valence electrons. The lowest BCUT2D eigenvalue weighted by Gasteiger charge is -2.22. The number of rotatable bonds is 3. The van der Waals surface area contributed by atoms with Gasteiger partial charge in [0.1, 0.15) is 11.9 Å². The lowest BCUT2D eigenvalue weighted by molar-refractivity contribution is -0.120. The van der Waals surface area contributed by atoms with Gasteiger partial charge in [-0.25, -0.2) is 9.18 Å². The fraction of sp³-hybridized carbons (Fsp3) is 0.278. The topological polar surface area (TPSA) is 107 Å². The van der Waals surface area contributed by atoms with Crippen LogP contribution in [-0.4, -0.2) is 47.2 Å². The van der Waals surface area contributed by atoms with Crippen LogP contribution in [0.1, 0.15) is 6.42 Å². The van der Waals surface area contributed by atoms with Crippen LogP contribution in [0.2, 0.25) is 0 Å². The molecular formula is C18H19FN4O4. The Hall–Kier alpha value is -3.20. The first-order chi connectivity index (χ1) is 12.9. The van der Waals surface area contributed by atoms with Crippen molar-refractivity contribution in [3.05, 3.63) is 58.8 Å². The largest absolute Gasteiger partial charge is 0.453 e. The van der Waals surface area contributed by atoms with Gasteiger partial charge in [-0.05, 0) is 24.6 Å². The number of anilines is 1. The third-order valence-electron chi connectivity index (χ3n) is 4.36. The molecular weight excluding hydrogens is 355 g/mol. The number of nitrogens with one attached hydrogen (secondary N) is 1. The van der Waals surface area contributed by atoms with Crippen molar-refractivity contribution in [2.75, 3.05) is 19.0 Å². The Morgan fingerprint density at radius 2 is 2.07 bits per heavy atom. The van der Waals surface area contributed by atoms with Crippen LogP contribution in [0.25, 0.3) is 5.69 Å². The molecule has 0 spiro atoms. The SMILES string of the molecule is COC(=O)N1C[C@@H](N)C[C@H]1C(=O)Nc1ccc(-n2ccccc2=O)cc1F. The highest BCUT2D eigenvalue weighted by Crippen LogP contribution is 2.22. The third kappa shape index (κ3) is 3.82. The van der Waals surface area contributed by atoms with Gasteiger partial charge in [0.05, 0.1) is 18.5 Å². The Kier molecular flexibility index (Phi) is 5.22. The average Bonchev–Trinajstić information content (AvgIpc) is 3.05. The number of hydrogen-bond donors (Lipinski definition) is 2. The summed E-state index contributed by atoms with van der Waals surface area (Å²) in [7, 11) is 1.21. The van der Waals surface area contributed by atoms with Crippen molar-refractivity contribution in [1.29, 1.82) is 0 Å². The van der Waals surface area contributed by atoms with Crippen molar-refractivity contribution in [3.8, 4) is 5.69 Å². The number of likely N-dealkylation sites (tertiary alicyclic amines) is 1. The number of methoxy groups -OCH3 is 1. The first-order valence-corrected chi connectivity index (χ1v) is 8.29. The van der Waals surface area contributed by atoms with Crippen LogP contribution in [0.15, 0.2) is 47.4 Å². The summed E-state index contributed by atoms with van der Waals surface area (Å²) < 4.78 is 20.4. The minimum Gasteiger partial charge on any atom is -0.453 e. The van der Waals surface area contributed by atoms with Gasteiger partial charge in [0.25, 0.3) is 5.56 Å². The number of aromatic nitrogens is 1. The third-order valence-corrected chi connectivity index (χ3v) is 4.36. The molecule has 27 heavy (non-hydrogen) atoms. The molecule has 8 nitrogen and oxygen atoms in total. The van der Waals surface area contributed by atoms with Crippen molar-refractivity contribution >= 4 is 17.7 Å². The molecule has 3 N–H and O–H groups in total. The van der Waals surface area contributed by atoms with Crippen molar-refractivity contribution in [2.45, 2.75) is 18.5 Å². The van der Waals surface area contributed by atoms with E-state index in [2.05, 4.69) is 10.1 Å². The number of amides is 2. The van der Waals surface area contributed by atoms with Crippen molar-refractivity contribution in [1.82, 2.24) is 9.47 Å². The molecule has 1 aliphatic rings. The normalized spacial score (nSPS) is 19.0. The Morgan fingerprint density at radius 3 is 2.74 bits per heavy atom. The Balaban J connectivity index is 1.79. The van der Waals surface area contributed by atoms with E-state index in [0.717, 1.165) is 6.07 Å². The fourth-order valence-corrected chi connectivity index (χ4v) is 3.05. The second-order valence-corrected chi connectivity index (χ2v) is 6.20. The molecule has 0 saturated carbocycles. The Labute approximate surface area is 154 Å². The molecule has 0 aliphatic carbocycles. The van der Waals surface area contributed by atoms with Crippen molar-refractivity contribution in [2.24, 2.45) is 5.73 Å². The van der Waals surface area contributed by atoms with E-state index in [-0.39, 0.29) is 30.3 Å². The first-order valence-electron chi connectivity index (χ1n) is 8.29. The molecule has 0 unspecified atom stereocenters. The van der Waals surface area contributed by atoms with Crippen LogP contribution in [0.5, 0.6) is 0 Å². The molecule has 3 rings (SSSR count). The van der Waals surface area contributed by atoms with Gasteiger partial charge in [-0.1, -0.05) is 6.07 Å². The van der Waals surface area contributed by atoms with E-state index in [4.69, 9.17) is 5.73 Å². The summed E-state index contributed by atoms with van der Waals surface area (Å²) in [5.41, 5.74) is 5.80. The van der Waals surface area contributed by atoms with Gasteiger partial charge < -0.3 is 15.8 Å². The number of nitrogens with zero attached hydrogens (tertiary/aromatic N) is 2. The molecule has 2 heterocycles. The van der Waals surface area contributed by atoms with Crippen LogP contribution in [0, 0.1) is 5.82 Å². The van der Waals surface area contributed by atoms with Crippen LogP contribution >= 0.6 is 0 Å². The summed E-state index contributed by atoms with van der Waals surface area (Å²) in [6.45, 7) is 0.184. The Bertz CT molecular complexity index is 930. The standard InChI is InChI=1S/C18H19FN4O4/c1-27-18(26)23-10-11(20)8-15(23)17(25)21-14-6-5-12(9-13(14)19)22-7-3-2-4-16(22)24/h2-7,9,11,15H,8,10,20H2,1H3,(H,21,25)/t11-,15-/m0/s1. The summed E-state index contributed by atoms with van der Waals surface area (Å²) in [5.74, 6) is -1.26. The maximum Gasteiger partial charge on any atom is 0.410 e. The maximum absolute atomic E-state index is 14.5. The molecule has 9 heteroatoms. The predicted octanol–water partition coefficient (Wildman–Crippen LogP) is 1.08. The lowest BCUT2D eigenvalue weighted by atomic mass is 10.1. The van der Waals surface area contributed by atoms with E-state index in [1.807, 2.05) is 0 Å². The molecule has 1 aromatic heterocycles. The van der Waals surface area contributed by atoms with Crippen LogP contribution in [0.3, 0.4) is 0 Å². The monoisotopic (exact) mass is 374 g/mol. The second-order valence-electron chi connectivity index (χ2n) is 6.20. The van der Waals surface area contributed by atoms with Gasteiger partial charge >= 0.3 is 6.09 Å². The van der Waals surface area contributed by atoms with Crippen molar-refractivity contribution in [3.63, 3.8) is 0 Å². The zero-order valence-corrected chi connectivity index (χ0v) is 14.6. The molecule has 0 radical (unpaired) electrons. The number of carbonyl (C=O) groups is 2. The lowest BCUT2D eigenvalue weighted by Crippen LogP contribution is -2.43. The van der Waals surface area contributed by atoms with Gasteiger partial charge in [-0.15, -0.1) is 0 Å². The van der Waals surface area contributed by atoms with Crippen LogP contribution in [-0.2, 0) is 9.53 Å². The number of ether oxygens (including phenoxy) is 1. The first kappa shape index (κ1) is 18.6. The van der Waals surface area contributed by atoms with E-state index in [9.17, 15) is 18.8 Å². The summed E-state index contributed by atoms with van der Waals surface area (Å²) in [4.78, 5) is 37.4. The van der Waals surface area contributed by atoms with Gasteiger partial charge in [0.2, 0.25) is 5.91 Å². The predicted molar refractivity (Wildman–Crippen MR) is 96.1 cm³/mol. The molecule has 1 saturated heterocycles. The number of benzene rings is 1. The molecule has 2 aromatic rings. The highest BCUT2D eigenvalue weighted by molar-refractivity contribution is 5.97. The summed E-state index contributed by atoms with van der Waals surface area (Å²) in [6, 6.07) is 7.41. The number of pyridine rings is 1. The fourth-order valence-electron chi connectivity index (χ4n) is 3.05. The minimum atomic E-state index is -0.844. The number of nitrogens with two attached hydrogens (primary N) is 1. The van der Waals surface area contributed by atoms with Gasteiger partial charge in [-0.3, -0.25) is 19.1 Å². The highest BCUT2D eigenvalue weighted by Gasteiger charge is 2.39. The summed E-state index contributed by atoms with van der Waals surface area (Å²) in [5, 5.41) is 2.47. The Morgan fingerprint density at radius 1 is 1.30 bits per heavy atom. The average molecular weight is 374 g/mol. The molecule has 2 amide bonds. The van der Waals surface area contributed by atoms with Crippen LogP contribution in [0.4, 0.5) is 14.9 Å². The van der Waals surface area contributed by atoms with Crippen molar-refractivity contribution < 1.29 is 18.7 Å². The van der Waals surface area contributed by atoms with Gasteiger partial charge in [0, 0.05) is 30.9 Å². The number of hydrogen-bond acceptors (Lipinski definition) is 5. The highest BCUT2D eigenvalue weighted by atomic mass is 19.1. The quantitative estimate of drug-likeness (QED) is 0.836. The second kappa shape index (κ2) is 7.58. The van der Waals surface area contributed by atoms with E-state index in [1.165, 1.54) is 41.0 Å². The van der Waals surface area contributed by atoms with Gasteiger partial charge in [-0.2, -0.15) is 0 Å². The van der Waals surface area contributed by atoms with E-state index >= 15 is 0 Å². The summed E-state index contributed by atoms with van der Waals surface area (Å²) >= 11 is 0. The zero-order chi connectivity index (χ0) is 19.6. The van der Waals surface area contributed by atoms with Gasteiger partial charge in [0.15, 0.2) is 0 Å². The molecule has 0 bridgehead atoms. The maximum atomic E-state index is 14.5. The van der Waals surface area contributed by atoms with E-state index in [0.29, 0.717) is 5.69 Å². The van der Waals surface area contributed by atoms with E-state index in [1.54, 1.807) is 12.1 Å². The minimum absolute atomic E-state index is 0.0574. The molecule has 2 atom stereocenters. The molecule has 1 fully saturated rings. The molecule has 1 aliphatic heterocycles. The smallest absolute Gasteiger partial charge is 0.410 e. The van der Waals surface area contributed by atoms with Crippen LogP contribution < -0.4 is 16.6 Å². The number of halogens is 1. The molecule has 1 aromatic carbocycles.